The van der Waals surface area contributed by atoms with Crippen molar-refractivity contribution < 1.29 is 18.5 Å². The van der Waals surface area contributed by atoms with E-state index in [1.54, 1.807) is 6.07 Å². The van der Waals surface area contributed by atoms with Crippen LogP contribution in [0.15, 0.2) is 60.1 Å². The Morgan fingerprint density at radius 3 is 2.82 bits per heavy atom. The number of fused-ring (bicyclic) bond motifs is 1. The highest BCUT2D eigenvalue weighted by molar-refractivity contribution is 7.16. The second-order valence-corrected chi connectivity index (χ2v) is 6.66. The van der Waals surface area contributed by atoms with Gasteiger partial charge in [-0.2, -0.15) is 4.99 Å². The van der Waals surface area contributed by atoms with Gasteiger partial charge in [0, 0.05) is 30.8 Å². The van der Waals surface area contributed by atoms with Gasteiger partial charge in [0.15, 0.2) is 10.6 Å². The van der Waals surface area contributed by atoms with E-state index in [9.17, 15) is 23.7 Å². The molecule has 1 aromatic heterocycles. The highest BCUT2D eigenvalue weighted by Gasteiger charge is 2.13. The van der Waals surface area contributed by atoms with E-state index in [0.29, 0.717) is 10.3 Å². The predicted octanol–water partition coefficient (Wildman–Crippen LogP) is 4.22. The maximum Gasteiger partial charge on any atom is 0.272 e. The first-order valence-corrected chi connectivity index (χ1v) is 8.81. The van der Waals surface area contributed by atoms with Crippen LogP contribution >= 0.6 is 11.3 Å². The monoisotopic (exact) mass is 401 g/mol. The number of rotatable bonds is 5. The van der Waals surface area contributed by atoms with Crippen molar-refractivity contribution in [3.05, 3.63) is 87.2 Å². The molecule has 2 aromatic carbocycles. The lowest BCUT2D eigenvalue weighted by atomic mass is 10.2. The minimum atomic E-state index is -0.755. The number of non-ortho nitro benzene ring substituents is 1. The van der Waals surface area contributed by atoms with Crippen LogP contribution in [0.2, 0.25) is 0 Å². The summed E-state index contributed by atoms with van der Waals surface area (Å²) in [5.74, 6) is -2.12. The smallest absolute Gasteiger partial charge is 0.272 e. The van der Waals surface area contributed by atoms with Crippen LogP contribution in [0.5, 0.6) is 0 Å². The van der Waals surface area contributed by atoms with Crippen LogP contribution < -0.4 is 4.80 Å². The van der Waals surface area contributed by atoms with Crippen LogP contribution in [0.25, 0.3) is 16.3 Å². The zero-order valence-corrected chi connectivity index (χ0v) is 15.2. The number of carbonyl (C=O) groups is 1. The summed E-state index contributed by atoms with van der Waals surface area (Å²) in [4.78, 5) is 26.6. The molecule has 0 aliphatic carbocycles. The summed E-state index contributed by atoms with van der Waals surface area (Å²) in [6.45, 7) is 3.78. The van der Waals surface area contributed by atoms with Gasteiger partial charge in [-0.1, -0.05) is 29.5 Å². The first-order valence-electron chi connectivity index (χ1n) is 7.99. The summed E-state index contributed by atoms with van der Waals surface area (Å²) in [7, 11) is 0. The van der Waals surface area contributed by atoms with E-state index in [1.807, 2.05) is 0 Å². The second-order valence-electron chi connectivity index (χ2n) is 5.65. The van der Waals surface area contributed by atoms with E-state index in [-0.39, 0.29) is 22.6 Å². The number of halogens is 2. The maximum absolute atomic E-state index is 14.2. The summed E-state index contributed by atoms with van der Waals surface area (Å²) in [5, 5.41) is 10.8. The quantitative estimate of drug-likeness (QED) is 0.278. The lowest BCUT2D eigenvalue weighted by molar-refractivity contribution is -0.384. The van der Waals surface area contributed by atoms with Crippen LogP contribution in [-0.2, 0) is 11.3 Å². The van der Waals surface area contributed by atoms with E-state index >= 15 is 0 Å². The summed E-state index contributed by atoms with van der Waals surface area (Å²) < 4.78 is 29.4. The Morgan fingerprint density at radius 2 is 2.11 bits per heavy atom. The van der Waals surface area contributed by atoms with Crippen LogP contribution in [0.4, 0.5) is 14.5 Å². The molecular weight excluding hydrogens is 388 g/mol. The van der Waals surface area contributed by atoms with Crippen molar-refractivity contribution >= 4 is 39.2 Å². The average molecular weight is 401 g/mol. The number of aromatic nitrogens is 1. The molecule has 0 unspecified atom stereocenters. The fraction of sp³-hybridized carbons (Fsp3) is 0.0526. The van der Waals surface area contributed by atoms with Crippen molar-refractivity contribution in [2.45, 2.75) is 6.54 Å². The number of allylic oxidation sites excluding steroid dienone is 1. The van der Waals surface area contributed by atoms with Crippen molar-refractivity contribution in [3.63, 3.8) is 0 Å². The molecule has 0 bridgehead atoms. The van der Waals surface area contributed by atoms with Gasteiger partial charge in [0.25, 0.3) is 11.6 Å². The first-order chi connectivity index (χ1) is 13.4. The third kappa shape index (κ3) is 4.09. The predicted molar refractivity (Wildman–Crippen MR) is 103 cm³/mol. The Balaban J connectivity index is 1.99. The third-order valence-corrected chi connectivity index (χ3v) is 4.74. The largest absolute Gasteiger partial charge is 0.310 e. The second kappa shape index (κ2) is 8.05. The fourth-order valence-electron chi connectivity index (χ4n) is 2.55. The molecule has 0 N–H and O–H groups in total. The van der Waals surface area contributed by atoms with Crippen LogP contribution in [0, 0.1) is 21.7 Å². The highest BCUT2D eigenvalue weighted by Crippen LogP contribution is 2.22. The Bertz CT molecular complexity index is 1190. The standard InChI is InChI=1S/C19H13F2N3O3S/c1-2-8-23-18-15(21)10-13(20)11-16(18)28-19(23)22-17(25)7-6-12-4-3-5-14(9-12)24(26)27/h2-7,9-11H,1,8H2. The zero-order chi connectivity index (χ0) is 20.3. The Hall–Kier alpha value is -3.46. The molecule has 1 heterocycles. The molecule has 0 spiro atoms. The van der Waals surface area contributed by atoms with Gasteiger partial charge in [-0.25, -0.2) is 8.78 Å². The van der Waals surface area contributed by atoms with E-state index in [0.717, 1.165) is 23.5 Å². The number of hydrogen-bond acceptors (Lipinski definition) is 4. The number of benzene rings is 2. The van der Waals surface area contributed by atoms with Crippen LogP contribution in [-0.4, -0.2) is 15.4 Å². The van der Waals surface area contributed by atoms with Gasteiger partial charge in [0.1, 0.15) is 5.82 Å². The molecule has 0 saturated carbocycles. The lowest BCUT2D eigenvalue weighted by Crippen LogP contribution is -2.16. The Kier molecular flexibility index (Phi) is 5.55. The van der Waals surface area contributed by atoms with Gasteiger partial charge in [-0.15, -0.1) is 6.58 Å². The summed E-state index contributed by atoms with van der Waals surface area (Å²) in [6, 6.07) is 7.70. The van der Waals surface area contributed by atoms with Crippen molar-refractivity contribution in [1.82, 2.24) is 4.57 Å². The molecule has 0 saturated heterocycles. The molecule has 0 atom stereocenters. The number of amides is 1. The Labute approximate surface area is 161 Å². The number of nitro benzene ring substituents is 1. The molecule has 28 heavy (non-hydrogen) atoms. The number of nitro groups is 1. The molecule has 3 aromatic rings. The molecule has 0 radical (unpaired) electrons. The van der Waals surface area contributed by atoms with Crippen LogP contribution in [0.1, 0.15) is 5.56 Å². The maximum atomic E-state index is 14.2. The zero-order valence-electron chi connectivity index (χ0n) is 14.3. The Morgan fingerprint density at radius 1 is 1.32 bits per heavy atom. The molecule has 1 amide bonds. The van der Waals surface area contributed by atoms with Crippen molar-refractivity contribution in [2.24, 2.45) is 4.99 Å². The van der Waals surface area contributed by atoms with Gasteiger partial charge in [0.05, 0.1) is 15.1 Å². The minimum absolute atomic E-state index is 0.0997. The number of carbonyl (C=O) groups excluding carboxylic acids is 1. The summed E-state index contributed by atoms with van der Waals surface area (Å²) in [5.41, 5.74) is 0.499. The van der Waals surface area contributed by atoms with Crippen molar-refractivity contribution in [3.8, 4) is 0 Å². The van der Waals surface area contributed by atoms with Gasteiger partial charge in [-0.3, -0.25) is 14.9 Å². The van der Waals surface area contributed by atoms with E-state index in [1.165, 1.54) is 41.0 Å². The molecule has 0 fully saturated rings. The van der Waals surface area contributed by atoms with Gasteiger partial charge in [0.2, 0.25) is 0 Å². The van der Waals surface area contributed by atoms with Crippen molar-refractivity contribution in [2.75, 3.05) is 0 Å². The first kappa shape index (κ1) is 19.3. The number of thiazole rings is 1. The van der Waals surface area contributed by atoms with Gasteiger partial charge >= 0.3 is 0 Å². The van der Waals surface area contributed by atoms with E-state index in [4.69, 9.17) is 0 Å². The highest BCUT2D eigenvalue weighted by atomic mass is 32.1. The minimum Gasteiger partial charge on any atom is -0.310 e. The summed E-state index contributed by atoms with van der Waals surface area (Å²) >= 11 is 0.973. The molecule has 0 aliphatic rings. The van der Waals surface area contributed by atoms with Gasteiger partial charge < -0.3 is 4.57 Å². The molecule has 3 rings (SSSR count). The molecule has 0 aliphatic heterocycles. The van der Waals surface area contributed by atoms with E-state index in [2.05, 4.69) is 11.6 Å². The average Bonchev–Trinajstić information content (AvgIpc) is 2.97. The molecule has 6 nitrogen and oxygen atoms in total. The van der Waals surface area contributed by atoms with E-state index < -0.39 is 22.5 Å². The number of hydrogen-bond donors (Lipinski definition) is 0. The topological polar surface area (TPSA) is 77.5 Å². The normalized spacial score (nSPS) is 12.0. The van der Waals surface area contributed by atoms with Gasteiger partial charge in [-0.05, 0) is 17.7 Å². The molecular formula is C19H13F2N3O3S. The molecule has 9 heteroatoms. The summed E-state index contributed by atoms with van der Waals surface area (Å²) in [6.07, 6.45) is 4.06. The third-order valence-electron chi connectivity index (χ3n) is 3.71. The number of nitrogens with zero attached hydrogens (tertiary/aromatic N) is 3. The molecule has 142 valence electrons. The lowest BCUT2D eigenvalue weighted by Gasteiger charge is -2.01. The SMILES string of the molecule is C=CCn1c(=NC(=O)C=Cc2cccc([N+](=O)[O-])c2)sc2cc(F)cc(F)c21. The fourth-order valence-corrected chi connectivity index (χ4v) is 3.64. The van der Waals surface area contributed by atoms with Crippen molar-refractivity contribution in [1.29, 1.82) is 0 Å². The van der Waals surface area contributed by atoms with Crippen LogP contribution in [0.3, 0.4) is 0 Å².